The van der Waals surface area contributed by atoms with Gasteiger partial charge in [0, 0.05) is 44.6 Å². The second kappa shape index (κ2) is 9.09. The van der Waals surface area contributed by atoms with E-state index in [1.807, 2.05) is 13.8 Å². The van der Waals surface area contributed by atoms with Crippen molar-refractivity contribution in [2.24, 2.45) is 7.05 Å². The summed E-state index contributed by atoms with van der Waals surface area (Å²) in [5, 5.41) is 10.5. The minimum atomic E-state index is -0.0791. The van der Waals surface area contributed by atoms with E-state index < -0.39 is 0 Å². The number of hydrogen-bond donors (Lipinski definition) is 1. The molecule has 1 fully saturated rings. The van der Waals surface area contributed by atoms with Gasteiger partial charge in [0.25, 0.3) is 5.56 Å². The molecule has 6 nitrogen and oxygen atoms in total. The van der Waals surface area contributed by atoms with Crippen molar-refractivity contribution >= 4 is 36.2 Å². The predicted octanol–water partition coefficient (Wildman–Crippen LogP) is 2.16. The molecule has 140 valence electrons. The Hall–Kier alpha value is -0.990. The summed E-state index contributed by atoms with van der Waals surface area (Å²) < 4.78 is 1.40. The normalized spacial score (nSPS) is 17.7. The third-order valence-electron chi connectivity index (χ3n) is 4.50. The van der Waals surface area contributed by atoms with E-state index in [-0.39, 0.29) is 30.4 Å². The fourth-order valence-corrected chi connectivity index (χ4v) is 3.82. The molecule has 1 N–H and O–H groups in total. The number of halogens is 2. The Morgan fingerprint density at radius 1 is 1.36 bits per heavy atom. The largest absolute Gasteiger partial charge is 0.314 e. The molecule has 0 amide bonds. The maximum atomic E-state index is 12.4. The fourth-order valence-electron chi connectivity index (χ4n) is 2.92. The first-order chi connectivity index (χ1) is 11.0. The SMILES string of the molecule is Cc1nn(C)c(=O)c(-c2nc(CN3CCNC[C@@H]3C)cs2)c1C.Cl.Cl. The molecule has 2 aromatic heterocycles. The summed E-state index contributed by atoms with van der Waals surface area (Å²) in [6, 6.07) is 0.506. The van der Waals surface area contributed by atoms with Gasteiger partial charge in [-0.1, -0.05) is 0 Å². The fraction of sp³-hybridized carbons (Fsp3) is 0.562. The van der Waals surface area contributed by atoms with Crippen LogP contribution >= 0.6 is 36.2 Å². The molecule has 1 aliphatic rings. The third-order valence-corrected chi connectivity index (χ3v) is 5.40. The summed E-state index contributed by atoms with van der Waals surface area (Å²) in [7, 11) is 1.69. The minimum Gasteiger partial charge on any atom is -0.314 e. The van der Waals surface area contributed by atoms with Gasteiger partial charge in [0.05, 0.1) is 17.0 Å². The van der Waals surface area contributed by atoms with Crippen molar-refractivity contribution in [3.05, 3.63) is 32.7 Å². The third kappa shape index (κ3) is 4.60. The molecule has 0 spiro atoms. The number of thiazole rings is 1. The Morgan fingerprint density at radius 3 is 2.76 bits per heavy atom. The van der Waals surface area contributed by atoms with E-state index in [0.29, 0.717) is 11.6 Å². The van der Waals surface area contributed by atoms with Crippen LogP contribution in [0.1, 0.15) is 23.9 Å². The standard InChI is InChI=1S/C16H23N5OS.2ClH/c1-10-7-17-5-6-21(10)8-13-9-23-15(18-13)14-11(2)12(3)19-20(4)16(14)22;;/h9-10,17H,5-8H2,1-4H3;2*1H/t10-;;/m0../s1. The van der Waals surface area contributed by atoms with Crippen molar-refractivity contribution in [3.8, 4) is 10.6 Å². The average Bonchev–Trinajstić information content (AvgIpc) is 2.96. The number of nitrogens with zero attached hydrogens (tertiary/aromatic N) is 4. The van der Waals surface area contributed by atoms with Gasteiger partial charge in [-0.05, 0) is 26.3 Å². The predicted molar refractivity (Wildman–Crippen MR) is 107 cm³/mol. The summed E-state index contributed by atoms with van der Waals surface area (Å²) in [5.41, 5.74) is 3.43. The van der Waals surface area contributed by atoms with Crippen LogP contribution in [-0.4, -0.2) is 45.3 Å². The highest BCUT2D eigenvalue weighted by molar-refractivity contribution is 7.13. The van der Waals surface area contributed by atoms with Gasteiger partial charge in [0.2, 0.25) is 0 Å². The first-order valence-corrected chi connectivity index (χ1v) is 8.79. The van der Waals surface area contributed by atoms with Gasteiger partial charge in [-0.15, -0.1) is 36.2 Å². The summed E-state index contributed by atoms with van der Waals surface area (Å²) >= 11 is 1.54. The lowest BCUT2D eigenvalue weighted by Gasteiger charge is -2.33. The highest BCUT2D eigenvalue weighted by atomic mass is 35.5. The van der Waals surface area contributed by atoms with Crippen molar-refractivity contribution < 1.29 is 0 Å². The van der Waals surface area contributed by atoms with Crippen LogP contribution < -0.4 is 10.9 Å². The molecule has 3 rings (SSSR count). The molecule has 1 atom stereocenters. The highest BCUT2D eigenvalue weighted by Crippen LogP contribution is 2.25. The van der Waals surface area contributed by atoms with Crippen molar-refractivity contribution in [1.29, 1.82) is 0 Å². The molecular weight excluding hydrogens is 381 g/mol. The lowest BCUT2D eigenvalue weighted by molar-refractivity contribution is 0.164. The zero-order valence-electron chi connectivity index (χ0n) is 14.9. The Labute approximate surface area is 164 Å². The molecule has 0 aromatic carbocycles. The molecule has 0 aliphatic carbocycles. The molecular formula is C16H25Cl2N5OS. The molecule has 9 heteroatoms. The molecule has 2 aromatic rings. The van der Waals surface area contributed by atoms with Crippen LogP contribution in [0, 0.1) is 13.8 Å². The maximum absolute atomic E-state index is 12.4. The summed E-state index contributed by atoms with van der Waals surface area (Å²) in [6.45, 7) is 10.00. The lowest BCUT2D eigenvalue weighted by Crippen LogP contribution is -2.49. The topological polar surface area (TPSA) is 63.1 Å². The smallest absolute Gasteiger partial charge is 0.277 e. The molecule has 0 radical (unpaired) electrons. The van der Waals surface area contributed by atoms with Crippen LogP contribution in [0.4, 0.5) is 0 Å². The molecule has 1 saturated heterocycles. The Balaban J connectivity index is 0.00000156. The van der Waals surface area contributed by atoms with Crippen molar-refractivity contribution in [3.63, 3.8) is 0 Å². The van der Waals surface area contributed by atoms with Gasteiger partial charge in [0.15, 0.2) is 0 Å². The Bertz CT molecular complexity index is 776. The van der Waals surface area contributed by atoms with Gasteiger partial charge >= 0.3 is 0 Å². The summed E-state index contributed by atoms with van der Waals surface area (Å²) in [4.78, 5) is 19.6. The monoisotopic (exact) mass is 405 g/mol. The number of aryl methyl sites for hydroxylation is 2. The molecule has 1 aliphatic heterocycles. The van der Waals surface area contributed by atoms with Crippen LogP contribution in [0.2, 0.25) is 0 Å². The second-order valence-corrected chi connectivity index (χ2v) is 7.04. The van der Waals surface area contributed by atoms with Crippen LogP contribution in [-0.2, 0) is 13.6 Å². The number of aromatic nitrogens is 3. The van der Waals surface area contributed by atoms with Crippen molar-refractivity contribution in [1.82, 2.24) is 25.0 Å². The number of nitrogens with one attached hydrogen (secondary N) is 1. The Morgan fingerprint density at radius 2 is 2.08 bits per heavy atom. The zero-order valence-corrected chi connectivity index (χ0v) is 17.4. The Kier molecular flexibility index (Phi) is 8.02. The van der Waals surface area contributed by atoms with Crippen LogP contribution in [0.15, 0.2) is 10.2 Å². The first kappa shape index (κ1) is 22.1. The van der Waals surface area contributed by atoms with E-state index in [1.165, 1.54) is 4.68 Å². The molecule has 25 heavy (non-hydrogen) atoms. The quantitative estimate of drug-likeness (QED) is 0.847. The highest BCUT2D eigenvalue weighted by Gasteiger charge is 2.20. The maximum Gasteiger partial charge on any atom is 0.277 e. The summed E-state index contributed by atoms with van der Waals surface area (Å²) in [6.07, 6.45) is 0. The van der Waals surface area contributed by atoms with Crippen molar-refractivity contribution in [2.45, 2.75) is 33.4 Å². The molecule has 0 unspecified atom stereocenters. The van der Waals surface area contributed by atoms with Gasteiger partial charge in [-0.2, -0.15) is 5.10 Å². The van der Waals surface area contributed by atoms with Crippen LogP contribution in [0.5, 0.6) is 0 Å². The lowest BCUT2D eigenvalue weighted by atomic mass is 10.1. The van der Waals surface area contributed by atoms with E-state index in [2.05, 4.69) is 27.6 Å². The van der Waals surface area contributed by atoms with E-state index in [0.717, 1.165) is 48.1 Å². The van der Waals surface area contributed by atoms with Crippen molar-refractivity contribution in [2.75, 3.05) is 19.6 Å². The van der Waals surface area contributed by atoms with Gasteiger partial charge < -0.3 is 5.32 Å². The van der Waals surface area contributed by atoms with Gasteiger partial charge in [-0.25, -0.2) is 9.67 Å². The van der Waals surface area contributed by atoms with E-state index >= 15 is 0 Å². The molecule has 3 heterocycles. The average molecular weight is 406 g/mol. The zero-order chi connectivity index (χ0) is 16.6. The van der Waals surface area contributed by atoms with E-state index in [4.69, 9.17) is 4.98 Å². The molecule has 0 bridgehead atoms. The number of piperazine rings is 1. The van der Waals surface area contributed by atoms with Crippen LogP contribution in [0.25, 0.3) is 10.6 Å². The van der Waals surface area contributed by atoms with Gasteiger partial charge in [0.1, 0.15) is 5.01 Å². The first-order valence-electron chi connectivity index (χ1n) is 7.91. The number of hydrogen-bond acceptors (Lipinski definition) is 6. The molecule has 0 saturated carbocycles. The van der Waals surface area contributed by atoms with Crippen LogP contribution in [0.3, 0.4) is 0 Å². The number of rotatable bonds is 3. The van der Waals surface area contributed by atoms with E-state index in [9.17, 15) is 4.79 Å². The minimum absolute atomic E-state index is 0. The second-order valence-electron chi connectivity index (χ2n) is 6.18. The van der Waals surface area contributed by atoms with Gasteiger partial charge in [-0.3, -0.25) is 9.69 Å². The summed E-state index contributed by atoms with van der Waals surface area (Å²) in [5.74, 6) is 0. The van der Waals surface area contributed by atoms with E-state index in [1.54, 1.807) is 18.4 Å².